The number of aliphatic hydroxyl groups excluding tert-OH is 1. The molecule has 1 saturated heterocycles. The average molecular weight is 595 g/mol. The van der Waals surface area contributed by atoms with Gasteiger partial charge < -0.3 is 20.5 Å². The van der Waals surface area contributed by atoms with Crippen molar-refractivity contribution in [1.29, 1.82) is 0 Å². The zero-order valence-electron chi connectivity index (χ0n) is 23.5. The number of benzene rings is 2. The summed E-state index contributed by atoms with van der Waals surface area (Å²) in [6, 6.07) is 13.0. The number of alkyl halides is 3. The Hall–Kier alpha value is -3.96. The number of ether oxygens (including phenoxy) is 1. The molecule has 3 N–H and O–H groups in total. The molecule has 1 aliphatic heterocycles. The molecule has 3 aromatic rings. The summed E-state index contributed by atoms with van der Waals surface area (Å²) < 4.78 is 47.8. The number of nitrogens with zero attached hydrogens (tertiary/aromatic N) is 2. The van der Waals surface area contributed by atoms with Gasteiger partial charge in [-0.3, -0.25) is 14.5 Å². The molecular formula is C32H33F3N4O4. The standard InChI is InChI=1S/C32H33F3N4O4/c33-32(34,35)28-15-24(7-5-22(28)17-39-12-10-25(40)18-39)37-31(42)21-4-1-19-6-8-26(14-23(19)13-21)43-27-9-11-36-29(16-27)38-30(41)20-2-3-20/h5-9,11,14-16,20-21,25,40H,1-4,10,12-13,17-18H2,(H,37,42)(H,36,38,41)/t21?,25-/m0/s1. The first-order valence-electron chi connectivity index (χ1n) is 14.6. The fourth-order valence-electron chi connectivity index (χ4n) is 5.77. The summed E-state index contributed by atoms with van der Waals surface area (Å²) in [6.45, 7) is 0.961. The minimum absolute atomic E-state index is 0.0452. The van der Waals surface area contributed by atoms with Crippen LogP contribution >= 0.6 is 0 Å². The minimum atomic E-state index is -4.58. The van der Waals surface area contributed by atoms with Crippen molar-refractivity contribution in [2.75, 3.05) is 23.7 Å². The normalized spacial score (nSPS) is 20.4. The van der Waals surface area contributed by atoms with E-state index in [0.717, 1.165) is 30.0 Å². The van der Waals surface area contributed by atoms with Crippen molar-refractivity contribution >= 4 is 23.3 Å². The van der Waals surface area contributed by atoms with E-state index in [1.807, 2.05) is 18.2 Å². The second-order valence-electron chi connectivity index (χ2n) is 11.6. The number of aromatic nitrogens is 1. The third-order valence-corrected chi connectivity index (χ3v) is 8.27. The predicted molar refractivity (Wildman–Crippen MR) is 154 cm³/mol. The molecule has 2 atom stereocenters. The number of halogens is 3. The van der Waals surface area contributed by atoms with E-state index in [2.05, 4.69) is 15.6 Å². The van der Waals surface area contributed by atoms with Gasteiger partial charge in [-0.05, 0) is 85.5 Å². The molecule has 2 heterocycles. The molecule has 6 rings (SSSR count). The van der Waals surface area contributed by atoms with E-state index in [9.17, 15) is 27.9 Å². The average Bonchev–Trinajstić information content (AvgIpc) is 3.75. The highest BCUT2D eigenvalue weighted by molar-refractivity contribution is 5.93. The fourth-order valence-corrected chi connectivity index (χ4v) is 5.77. The first-order chi connectivity index (χ1) is 20.6. The molecule has 11 heteroatoms. The first-order valence-corrected chi connectivity index (χ1v) is 14.6. The highest BCUT2D eigenvalue weighted by Gasteiger charge is 2.35. The number of carbonyl (C=O) groups excluding carboxylic acids is 2. The van der Waals surface area contributed by atoms with Crippen molar-refractivity contribution < 1.29 is 32.6 Å². The zero-order chi connectivity index (χ0) is 30.1. The van der Waals surface area contributed by atoms with Crippen LogP contribution in [0.4, 0.5) is 24.7 Å². The lowest BCUT2D eigenvalue weighted by Gasteiger charge is -2.25. The Balaban J connectivity index is 1.11. The summed E-state index contributed by atoms with van der Waals surface area (Å²) in [4.78, 5) is 31.2. The number of aliphatic hydroxyl groups is 1. The number of β-amino-alcohol motifs (C(OH)–C–C–N with tert-alkyl or cyclic N) is 1. The first kappa shape index (κ1) is 29.1. The van der Waals surface area contributed by atoms with Crippen LogP contribution in [0.5, 0.6) is 11.5 Å². The van der Waals surface area contributed by atoms with Gasteiger partial charge in [0.15, 0.2) is 0 Å². The monoisotopic (exact) mass is 594 g/mol. The van der Waals surface area contributed by atoms with Gasteiger partial charge in [0.05, 0.1) is 11.7 Å². The highest BCUT2D eigenvalue weighted by atomic mass is 19.4. The van der Waals surface area contributed by atoms with Crippen LogP contribution in [0.3, 0.4) is 0 Å². The number of aryl methyl sites for hydroxylation is 1. The molecule has 43 heavy (non-hydrogen) atoms. The number of carbonyl (C=O) groups is 2. The second-order valence-corrected chi connectivity index (χ2v) is 11.6. The van der Waals surface area contributed by atoms with Crippen LogP contribution in [0.2, 0.25) is 0 Å². The molecule has 1 aromatic heterocycles. The lowest BCUT2D eigenvalue weighted by molar-refractivity contribution is -0.138. The molecule has 2 fully saturated rings. The number of hydrogen-bond donors (Lipinski definition) is 3. The van der Waals surface area contributed by atoms with E-state index < -0.39 is 23.8 Å². The Morgan fingerprint density at radius 2 is 1.72 bits per heavy atom. The number of fused-ring (bicyclic) bond motifs is 1. The maximum atomic E-state index is 13.9. The molecule has 3 aliphatic rings. The van der Waals surface area contributed by atoms with E-state index in [1.54, 1.807) is 23.2 Å². The molecule has 1 unspecified atom stereocenters. The quantitative estimate of drug-likeness (QED) is 0.316. The van der Waals surface area contributed by atoms with Crippen molar-refractivity contribution in [3.63, 3.8) is 0 Å². The second kappa shape index (κ2) is 12.0. The van der Waals surface area contributed by atoms with Gasteiger partial charge in [-0.15, -0.1) is 0 Å². The van der Waals surface area contributed by atoms with Crippen LogP contribution in [0.15, 0.2) is 54.7 Å². The van der Waals surface area contributed by atoms with E-state index >= 15 is 0 Å². The summed E-state index contributed by atoms with van der Waals surface area (Å²) in [6.07, 6.45) is 0.452. The lowest BCUT2D eigenvalue weighted by atomic mass is 9.83. The van der Waals surface area contributed by atoms with Crippen LogP contribution < -0.4 is 15.4 Å². The van der Waals surface area contributed by atoms with Gasteiger partial charge in [0.1, 0.15) is 17.3 Å². The van der Waals surface area contributed by atoms with Gasteiger partial charge in [0.25, 0.3) is 0 Å². The molecule has 226 valence electrons. The Bertz CT molecular complexity index is 1520. The maximum Gasteiger partial charge on any atom is 0.416 e. The Morgan fingerprint density at radius 3 is 2.47 bits per heavy atom. The van der Waals surface area contributed by atoms with Crippen LogP contribution in [0.1, 0.15) is 47.9 Å². The number of pyridine rings is 1. The smallest absolute Gasteiger partial charge is 0.416 e. The minimum Gasteiger partial charge on any atom is -0.457 e. The van der Waals surface area contributed by atoms with E-state index in [0.29, 0.717) is 56.1 Å². The third-order valence-electron chi connectivity index (χ3n) is 8.27. The van der Waals surface area contributed by atoms with E-state index in [-0.39, 0.29) is 35.5 Å². The van der Waals surface area contributed by atoms with Crippen LogP contribution in [-0.4, -0.2) is 46.0 Å². The highest BCUT2D eigenvalue weighted by Crippen LogP contribution is 2.36. The molecule has 0 radical (unpaired) electrons. The number of amides is 2. The van der Waals surface area contributed by atoms with E-state index in [4.69, 9.17) is 4.74 Å². The lowest BCUT2D eigenvalue weighted by Crippen LogP contribution is -2.28. The van der Waals surface area contributed by atoms with Crippen molar-refractivity contribution in [1.82, 2.24) is 9.88 Å². The van der Waals surface area contributed by atoms with Gasteiger partial charge in [-0.1, -0.05) is 12.1 Å². The van der Waals surface area contributed by atoms with Crippen molar-refractivity contribution in [2.45, 2.75) is 57.3 Å². The Labute approximate surface area is 247 Å². The molecule has 0 bridgehead atoms. The summed E-state index contributed by atoms with van der Waals surface area (Å²) in [7, 11) is 0. The van der Waals surface area contributed by atoms with Crippen LogP contribution in [0.25, 0.3) is 0 Å². The molecule has 1 saturated carbocycles. The fraction of sp³-hybridized carbons (Fsp3) is 0.406. The SMILES string of the molecule is O=C(Nc1ccc(CN2CC[C@H](O)C2)c(C(F)(F)F)c1)C1CCc2ccc(Oc3ccnc(NC(=O)C4CC4)c3)cc2C1. The number of anilines is 2. The van der Waals surface area contributed by atoms with Gasteiger partial charge in [-0.2, -0.15) is 13.2 Å². The molecule has 0 spiro atoms. The van der Waals surface area contributed by atoms with Crippen LogP contribution in [0, 0.1) is 11.8 Å². The molecular weight excluding hydrogens is 561 g/mol. The third kappa shape index (κ3) is 7.17. The summed E-state index contributed by atoms with van der Waals surface area (Å²) in [5.41, 5.74) is 1.48. The molecule has 2 aromatic carbocycles. The maximum absolute atomic E-state index is 13.9. The molecule has 8 nitrogen and oxygen atoms in total. The largest absolute Gasteiger partial charge is 0.457 e. The number of rotatable bonds is 8. The Kier molecular flexibility index (Phi) is 8.11. The van der Waals surface area contributed by atoms with Gasteiger partial charge >= 0.3 is 6.18 Å². The summed E-state index contributed by atoms with van der Waals surface area (Å²) >= 11 is 0. The summed E-state index contributed by atoms with van der Waals surface area (Å²) in [5.74, 6) is 0.770. The van der Waals surface area contributed by atoms with Crippen molar-refractivity contribution in [3.05, 3.63) is 77.0 Å². The predicted octanol–water partition coefficient (Wildman–Crippen LogP) is 5.55. The van der Waals surface area contributed by atoms with Crippen molar-refractivity contribution in [2.24, 2.45) is 11.8 Å². The number of nitrogens with one attached hydrogen (secondary N) is 2. The summed E-state index contributed by atoms with van der Waals surface area (Å²) in [5, 5.41) is 15.2. The van der Waals surface area contributed by atoms with Gasteiger partial charge in [0.2, 0.25) is 11.8 Å². The molecule has 2 amide bonds. The zero-order valence-corrected chi connectivity index (χ0v) is 23.5. The number of likely N-dealkylation sites (tertiary alicyclic amines) is 1. The topological polar surface area (TPSA) is 104 Å². The molecule has 2 aliphatic carbocycles. The van der Waals surface area contributed by atoms with Gasteiger partial charge in [0, 0.05) is 49.4 Å². The van der Waals surface area contributed by atoms with Crippen molar-refractivity contribution in [3.8, 4) is 11.5 Å². The van der Waals surface area contributed by atoms with Gasteiger partial charge in [-0.25, -0.2) is 4.98 Å². The van der Waals surface area contributed by atoms with E-state index in [1.165, 1.54) is 12.1 Å². The number of hydrogen-bond acceptors (Lipinski definition) is 6. The Morgan fingerprint density at radius 1 is 0.930 bits per heavy atom. The van der Waals surface area contributed by atoms with Crippen LogP contribution in [-0.2, 0) is 35.2 Å².